The van der Waals surface area contributed by atoms with Crippen LogP contribution in [0.5, 0.6) is 0 Å². The molecule has 0 bridgehead atoms. The Morgan fingerprint density at radius 2 is 2.50 bits per heavy atom. The van der Waals surface area contributed by atoms with Crippen LogP contribution in [0.1, 0.15) is 30.1 Å². The number of fused-ring (bicyclic) bond motifs is 1. The van der Waals surface area contributed by atoms with Crippen molar-refractivity contribution in [2.45, 2.75) is 32.7 Å². The molecule has 0 radical (unpaired) electrons. The zero-order valence-corrected chi connectivity index (χ0v) is 10.7. The van der Waals surface area contributed by atoms with E-state index >= 15 is 0 Å². The summed E-state index contributed by atoms with van der Waals surface area (Å²) in [5.74, 6) is 1.62. The third-order valence-corrected chi connectivity index (χ3v) is 3.79. The fraction of sp³-hybridized carbons (Fsp3) is 0.692. The molecule has 18 heavy (non-hydrogen) atoms. The normalized spacial score (nSPS) is 23.2. The van der Waals surface area contributed by atoms with Gasteiger partial charge in [0.05, 0.1) is 17.9 Å². The molecule has 0 aliphatic carbocycles. The van der Waals surface area contributed by atoms with E-state index in [0.717, 1.165) is 49.8 Å². The highest BCUT2D eigenvalue weighted by atomic mass is 16.5. The minimum Gasteiger partial charge on any atom is -0.381 e. The second-order valence-corrected chi connectivity index (χ2v) is 5.25. The van der Waals surface area contributed by atoms with Gasteiger partial charge in [-0.05, 0) is 19.3 Å². The largest absolute Gasteiger partial charge is 0.381 e. The quantitative estimate of drug-likeness (QED) is 0.851. The van der Waals surface area contributed by atoms with E-state index in [-0.39, 0.29) is 5.91 Å². The highest BCUT2D eigenvalue weighted by molar-refractivity contribution is 5.76. The minimum atomic E-state index is 0.253. The third-order valence-electron chi connectivity index (χ3n) is 3.79. The first-order valence-corrected chi connectivity index (χ1v) is 6.62. The van der Waals surface area contributed by atoms with Crippen molar-refractivity contribution < 1.29 is 9.53 Å². The van der Waals surface area contributed by atoms with Gasteiger partial charge in [0.1, 0.15) is 5.82 Å². The van der Waals surface area contributed by atoms with Gasteiger partial charge in [-0.15, -0.1) is 0 Å². The lowest BCUT2D eigenvalue weighted by Crippen LogP contribution is -2.37. The average molecular weight is 249 g/mol. The summed E-state index contributed by atoms with van der Waals surface area (Å²) < 4.78 is 5.32. The van der Waals surface area contributed by atoms with E-state index in [0.29, 0.717) is 18.9 Å². The highest BCUT2D eigenvalue weighted by Gasteiger charge is 2.26. The second-order valence-electron chi connectivity index (χ2n) is 5.25. The first-order valence-electron chi connectivity index (χ1n) is 6.62. The van der Waals surface area contributed by atoms with Gasteiger partial charge < -0.3 is 14.6 Å². The molecule has 1 aromatic rings. The molecular formula is C13H19N3O2. The van der Waals surface area contributed by atoms with Crippen LogP contribution in [0.25, 0.3) is 0 Å². The van der Waals surface area contributed by atoms with Crippen LogP contribution in [0, 0.1) is 12.8 Å². The van der Waals surface area contributed by atoms with E-state index in [1.165, 1.54) is 0 Å². The Balaban J connectivity index is 1.62. The molecular weight excluding hydrogens is 230 g/mol. The Bertz CT molecular complexity index is 449. The number of aryl methyl sites for hydroxylation is 1. The first kappa shape index (κ1) is 11.7. The molecule has 1 aromatic heterocycles. The number of rotatable bonds is 2. The summed E-state index contributed by atoms with van der Waals surface area (Å²) in [5, 5.41) is 0. The monoisotopic (exact) mass is 249 g/mol. The van der Waals surface area contributed by atoms with Gasteiger partial charge in [-0.2, -0.15) is 0 Å². The van der Waals surface area contributed by atoms with Gasteiger partial charge in [-0.1, -0.05) is 0 Å². The maximum absolute atomic E-state index is 12.2. The number of nitrogens with one attached hydrogen (secondary N) is 1. The third kappa shape index (κ3) is 2.27. The molecule has 1 amide bonds. The lowest BCUT2D eigenvalue weighted by Gasteiger charge is -2.27. The molecule has 0 aromatic carbocycles. The molecule has 0 unspecified atom stereocenters. The van der Waals surface area contributed by atoms with Crippen molar-refractivity contribution in [3.8, 4) is 0 Å². The minimum absolute atomic E-state index is 0.253. The molecule has 0 spiro atoms. The van der Waals surface area contributed by atoms with Crippen molar-refractivity contribution in [3.05, 3.63) is 17.2 Å². The second kappa shape index (κ2) is 4.72. The van der Waals surface area contributed by atoms with E-state index in [2.05, 4.69) is 9.97 Å². The molecule has 3 heterocycles. The van der Waals surface area contributed by atoms with Crippen LogP contribution in [0.15, 0.2) is 0 Å². The molecule has 0 saturated carbocycles. The molecule has 1 saturated heterocycles. The lowest BCUT2D eigenvalue weighted by atomic mass is 10.0. The number of amides is 1. The van der Waals surface area contributed by atoms with Crippen LogP contribution in [0.2, 0.25) is 0 Å². The Hall–Kier alpha value is -1.36. The standard InChI is InChI=1S/C13H19N3O2/c1-9-14-11-2-4-16(7-12(11)15-9)13(17)6-10-3-5-18-8-10/h10H,2-8H2,1H3,(H,14,15)/t10-/m0/s1. The van der Waals surface area contributed by atoms with Crippen molar-refractivity contribution in [3.63, 3.8) is 0 Å². The van der Waals surface area contributed by atoms with E-state index < -0.39 is 0 Å². The SMILES string of the molecule is Cc1nc2c([nH]1)CN(C(=O)C[C@@H]1CCOC1)CC2. The summed E-state index contributed by atoms with van der Waals surface area (Å²) in [5.41, 5.74) is 2.23. The van der Waals surface area contributed by atoms with Crippen LogP contribution in [-0.2, 0) is 22.5 Å². The van der Waals surface area contributed by atoms with Crippen LogP contribution >= 0.6 is 0 Å². The lowest BCUT2D eigenvalue weighted by molar-refractivity contribution is -0.133. The molecule has 1 N–H and O–H groups in total. The number of hydrogen-bond acceptors (Lipinski definition) is 3. The van der Waals surface area contributed by atoms with Crippen LogP contribution in [0.4, 0.5) is 0 Å². The van der Waals surface area contributed by atoms with E-state index in [4.69, 9.17) is 4.74 Å². The van der Waals surface area contributed by atoms with Gasteiger partial charge >= 0.3 is 0 Å². The molecule has 1 fully saturated rings. The predicted molar refractivity (Wildman–Crippen MR) is 66.0 cm³/mol. The Labute approximate surface area is 107 Å². The summed E-state index contributed by atoms with van der Waals surface area (Å²) in [6.07, 6.45) is 2.52. The number of ether oxygens (including phenoxy) is 1. The smallest absolute Gasteiger partial charge is 0.223 e. The van der Waals surface area contributed by atoms with Crippen molar-refractivity contribution in [1.29, 1.82) is 0 Å². The molecule has 2 aliphatic heterocycles. The zero-order valence-electron chi connectivity index (χ0n) is 10.7. The van der Waals surface area contributed by atoms with Gasteiger partial charge in [-0.25, -0.2) is 4.98 Å². The Kier molecular flexibility index (Phi) is 3.07. The number of nitrogens with zero attached hydrogens (tertiary/aromatic N) is 2. The van der Waals surface area contributed by atoms with Crippen LogP contribution in [-0.4, -0.2) is 40.5 Å². The van der Waals surface area contributed by atoms with Gasteiger partial charge in [-0.3, -0.25) is 4.79 Å². The average Bonchev–Trinajstić information content (AvgIpc) is 2.95. The summed E-state index contributed by atoms with van der Waals surface area (Å²) in [6, 6.07) is 0. The number of carbonyl (C=O) groups excluding carboxylic acids is 1. The van der Waals surface area contributed by atoms with Gasteiger partial charge in [0.25, 0.3) is 0 Å². The Morgan fingerprint density at radius 3 is 3.28 bits per heavy atom. The number of aromatic nitrogens is 2. The van der Waals surface area contributed by atoms with E-state index in [1.807, 2.05) is 11.8 Å². The number of carbonyl (C=O) groups is 1. The van der Waals surface area contributed by atoms with Gasteiger partial charge in [0.15, 0.2) is 0 Å². The number of hydrogen-bond donors (Lipinski definition) is 1. The maximum Gasteiger partial charge on any atom is 0.223 e. The van der Waals surface area contributed by atoms with E-state index in [1.54, 1.807) is 0 Å². The van der Waals surface area contributed by atoms with Crippen molar-refractivity contribution in [2.75, 3.05) is 19.8 Å². The topological polar surface area (TPSA) is 58.2 Å². The summed E-state index contributed by atoms with van der Waals surface area (Å²) in [6.45, 7) is 4.99. The molecule has 5 nitrogen and oxygen atoms in total. The maximum atomic E-state index is 12.2. The predicted octanol–water partition coefficient (Wildman–Crippen LogP) is 1.03. The molecule has 2 aliphatic rings. The summed E-state index contributed by atoms with van der Waals surface area (Å²) >= 11 is 0. The fourth-order valence-corrected chi connectivity index (χ4v) is 2.77. The first-order chi connectivity index (χ1) is 8.72. The molecule has 98 valence electrons. The van der Waals surface area contributed by atoms with Crippen molar-refractivity contribution in [2.24, 2.45) is 5.92 Å². The molecule has 1 atom stereocenters. The summed E-state index contributed by atoms with van der Waals surface area (Å²) in [4.78, 5) is 21.8. The number of imidazole rings is 1. The van der Waals surface area contributed by atoms with Crippen LogP contribution in [0.3, 0.4) is 0 Å². The van der Waals surface area contributed by atoms with Gasteiger partial charge in [0.2, 0.25) is 5.91 Å². The van der Waals surface area contributed by atoms with Crippen LogP contribution < -0.4 is 0 Å². The van der Waals surface area contributed by atoms with Crippen molar-refractivity contribution >= 4 is 5.91 Å². The Morgan fingerprint density at radius 1 is 1.61 bits per heavy atom. The highest BCUT2D eigenvalue weighted by Crippen LogP contribution is 2.21. The van der Waals surface area contributed by atoms with E-state index in [9.17, 15) is 4.79 Å². The number of H-pyrrole nitrogens is 1. The number of aromatic amines is 1. The fourth-order valence-electron chi connectivity index (χ4n) is 2.77. The molecule has 3 rings (SSSR count). The van der Waals surface area contributed by atoms with Crippen molar-refractivity contribution in [1.82, 2.24) is 14.9 Å². The van der Waals surface area contributed by atoms with Gasteiger partial charge in [0, 0.05) is 32.6 Å². The molecule has 5 heteroatoms. The zero-order chi connectivity index (χ0) is 12.5. The summed E-state index contributed by atoms with van der Waals surface area (Å²) in [7, 11) is 0.